The van der Waals surface area contributed by atoms with Gasteiger partial charge < -0.3 is 9.47 Å². The number of nitrogens with zero attached hydrogens (tertiary/aromatic N) is 8. The third kappa shape index (κ3) is 3.82. The number of aromatic nitrogens is 8. The molecule has 160 valence electrons. The van der Waals surface area contributed by atoms with Crippen LogP contribution in [0, 0.1) is 13.8 Å². The molecular formula is C21H24N8O2. The summed E-state index contributed by atoms with van der Waals surface area (Å²) >= 11 is 0. The normalized spacial score (nSPS) is 11.7. The minimum atomic E-state index is -1.52. The summed E-state index contributed by atoms with van der Waals surface area (Å²) in [6.07, 6.45) is 0. The van der Waals surface area contributed by atoms with Gasteiger partial charge in [-0.15, -0.1) is 10.2 Å². The molecule has 0 aliphatic rings. The van der Waals surface area contributed by atoms with Gasteiger partial charge in [0.05, 0.1) is 11.4 Å². The van der Waals surface area contributed by atoms with E-state index in [9.17, 15) is 0 Å². The van der Waals surface area contributed by atoms with Crippen LogP contribution < -0.4 is 0 Å². The zero-order chi connectivity index (χ0) is 21.8. The van der Waals surface area contributed by atoms with Crippen LogP contribution in [0.5, 0.6) is 0 Å². The number of rotatable bonds is 8. The summed E-state index contributed by atoms with van der Waals surface area (Å²) in [5, 5.41) is 24.7. The molecule has 4 rings (SSSR count). The molecule has 0 aliphatic heterocycles. The minimum Gasteiger partial charge on any atom is -0.338 e. The SMILES string of the molecule is CCOC(OCC)(c1nnnn1-c1ccc(C)cc1)c1nnnn1-c1ccc(C)cc1. The van der Waals surface area contributed by atoms with Crippen molar-refractivity contribution in [1.29, 1.82) is 0 Å². The summed E-state index contributed by atoms with van der Waals surface area (Å²) in [6, 6.07) is 15.7. The fourth-order valence-electron chi connectivity index (χ4n) is 3.31. The number of hydrogen-bond acceptors (Lipinski definition) is 8. The Bertz CT molecular complexity index is 1040. The van der Waals surface area contributed by atoms with Gasteiger partial charge in [0.15, 0.2) is 0 Å². The Morgan fingerprint density at radius 1 is 0.677 bits per heavy atom. The second-order valence-electron chi connectivity index (χ2n) is 6.98. The Balaban J connectivity index is 1.92. The molecule has 2 aromatic heterocycles. The van der Waals surface area contributed by atoms with Crippen LogP contribution >= 0.6 is 0 Å². The van der Waals surface area contributed by atoms with Crippen molar-refractivity contribution < 1.29 is 9.47 Å². The highest BCUT2D eigenvalue weighted by Gasteiger charge is 2.47. The molecule has 0 radical (unpaired) electrons. The highest BCUT2D eigenvalue weighted by molar-refractivity contribution is 5.37. The van der Waals surface area contributed by atoms with Crippen LogP contribution in [0.4, 0.5) is 0 Å². The van der Waals surface area contributed by atoms with Gasteiger partial charge in [-0.25, -0.2) is 0 Å². The predicted molar refractivity (Wildman–Crippen MR) is 112 cm³/mol. The lowest BCUT2D eigenvalue weighted by atomic mass is 10.2. The van der Waals surface area contributed by atoms with E-state index in [0.717, 1.165) is 22.5 Å². The van der Waals surface area contributed by atoms with Crippen LogP contribution in [-0.2, 0) is 15.3 Å². The summed E-state index contributed by atoms with van der Waals surface area (Å²) in [7, 11) is 0. The van der Waals surface area contributed by atoms with E-state index in [-0.39, 0.29) is 0 Å². The Kier molecular flexibility index (Phi) is 5.83. The highest BCUT2D eigenvalue weighted by atomic mass is 16.7. The van der Waals surface area contributed by atoms with Gasteiger partial charge >= 0.3 is 0 Å². The molecule has 0 fully saturated rings. The van der Waals surface area contributed by atoms with E-state index in [0.29, 0.717) is 24.9 Å². The summed E-state index contributed by atoms with van der Waals surface area (Å²) < 4.78 is 15.5. The van der Waals surface area contributed by atoms with E-state index < -0.39 is 5.79 Å². The van der Waals surface area contributed by atoms with E-state index in [2.05, 4.69) is 31.1 Å². The van der Waals surface area contributed by atoms with Crippen molar-refractivity contribution in [3.05, 3.63) is 71.3 Å². The lowest BCUT2D eigenvalue weighted by Crippen LogP contribution is -2.40. The quantitative estimate of drug-likeness (QED) is 0.400. The molecule has 0 saturated carbocycles. The van der Waals surface area contributed by atoms with Crippen molar-refractivity contribution in [2.75, 3.05) is 13.2 Å². The molecule has 4 aromatic rings. The lowest BCUT2D eigenvalue weighted by molar-refractivity contribution is -0.225. The molecule has 0 atom stereocenters. The highest BCUT2D eigenvalue weighted by Crippen LogP contribution is 2.34. The first-order valence-electron chi connectivity index (χ1n) is 10.1. The average Bonchev–Trinajstić information content (AvgIpc) is 3.45. The van der Waals surface area contributed by atoms with Gasteiger partial charge in [-0.05, 0) is 72.8 Å². The summed E-state index contributed by atoms with van der Waals surface area (Å²) in [5.74, 6) is -0.877. The smallest absolute Gasteiger partial charge is 0.297 e. The molecular weight excluding hydrogens is 396 g/mol. The number of tetrazole rings is 2. The average molecular weight is 420 g/mol. The molecule has 31 heavy (non-hydrogen) atoms. The van der Waals surface area contributed by atoms with Crippen LogP contribution in [0.25, 0.3) is 11.4 Å². The number of benzene rings is 2. The van der Waals surface area contributed by atoms with E-state index in [1.54, 1.807) is 9.36 Å². The van der Waals surface area contributed by atoms with E-state index in [4.69, 9.17) is 9.47 Å². The van der Waals surface area contributed by atoms with Gasteiger partial charge in [0.25, 0.3) is 5.79 Å². The fraction of sp³-hybridized carbons (Fsp3) is 0.333. The van der Waals surface area contributed by atoms with Crippen molar-refractivity contribution in [1.82, 2.24) is 40.4 Å². The molecule has 0 N–H and O–H groups in total. The van der Waals surface area contributed by atoms with E-state index in [1.807, 2.05) is 76.2 Å². The van der Waals surface area contributed by atoms with Gasteiger partial charge in [-0.3, -0.25) is 0 Å². The first-order valence-corrected chi connectivity index (χ1v) is 10.1. The third-order valence-corrected chi connectivity index (χ3v) is 4.78. The summed E-state index contributed by atoms with van der Waals surface area (Å²) in [4.78, 5) is 0. The Morgan fingerprint density at radius 3 is 1.42 bits per heavy atom. The summed E-state index contributed by atoms with van der Waals surface area (Å²) in [6.45, 7) is 8.42. The molecule has 2 aromatic carbocycles. The maximum absolute atomic E-state index is 6.18. The Morgan fingerprint density at radius 2 is 1.06 bits per heavy atom. The van der Waals surface area contributed by atoms with E-state index >= 15 is 0 Å². The molecule has 2 heterocycles. The van der Waals surface area contributed by atoms with Crippen LogP contribution in [0.3, 0.4) is 0 Å². The van der Waals surface area contributed by atoms with Crippen LogP contribution in [-0.4, -0.2) is 53.6 Å². The monoisotopic (exact) mass is 420 g/mol. The fourth-order valence-corrected chi connectivity index (χ4v) is 3.31. The Hall–Kier alpha value is -3.50. The van der Waals surface area contributed by atoms with Gasteiger partial charge in [0.2, 0.25) is 11.6 Å². The molecule has 0 spiro atoms. The minimum absolute atomic E-state index is 0.321. The Labute approximate surface area is 179 Å². The molecule has 0 aliphatic carbocycles. The molecule has 10 nitrogen and oxygen atoms in total. The number of ether oxygens (including phenoxy) is 2. The molecule has 0 saturated heterocycles. The zero-order valence-electron chi connectivity index (χ0n) is 17.9. The standard InChI is InChI=1S/C21H24N8O2/c1-5-30-21(31-6-2,19-22-24-26-28(19)17-11-7-15(3)8-12-17)20-23-25-27-29(20)18-13-9-16(4)10-14-18/h7-14H,5-6H2,1-4H3. The van der Waals surface area contributed by atoms with Crippen molar-refractivity contribution in [2.45, 2.75) is 33.5 Å². The first-order chi connectivity index (χ1) is 15.1. The lowest BCUT2D eigenvalue weighted by Gasteiger charge is -2.30. The maximum atomic E-state index is 6.18. The van der Waals surface area contributed by atoms with Gasteiger partial charge in [-0.1, -0.05) is 35.4 Å². The van der Waals surface area contributed by atoms with Crippen LogP contribution in [0.15, 0.2) is 48.5 Å². The largest absolute Gasteiger partial charge is 0.338 e. The summed E-state index contributed by atoms with van der Waals surface area (Å²) in [5.41, 5.74) is 3.79. The zero-order valence-corrected chi connectivity index (χ0v) is 17.9. The predicted octanol–water partition coefficient (Wildman–Crippen LogP) is 2.53. The number of hydrogen-bond donors (Lipinski definition) is 0. The molecule has 0 unspecified atom stereocenters. The maximum Gasteiger partial charge on any atom is 0.297 e. The topological polar surface area (TPSA) is 106 Å². The number of aryl methyl sites for hydroxylation is 2. The van der Waals surface area contributed by atoms with Crippen molar-refractivity contribution in [3.63, 3.8) is 0 Å². The van der Waals surface area contributed by atoms with Crippen LogP contribution in [0.1, 0.15) is 36.6 Å². The van der Waals surface area contributed by atoms with Crippen molar-refractivity contribution >= 4 is 0 Å². The third-order valence-electron chi connectivity index (χ3n) is 4.78. The molecule has 0 bridgehead atoms. The molecule has 0 amide bonds. The van der Waals surface area contributed by atoms with Crippen molar-refractivity contribution in [2.24, 2.45) is 0 Å². The van der Waals surface area contributed by atoms with Crippen LogP contribution in [0.2, 0.25) is 0 Å². The van der Waals surface area contributed by atoms with E-state index in [1.165, 1.54) is 0 Å². The van der Waals surface area contributed by atoms with Gasteiger partial charge in [0.1, 0.15) is 0 Å². The van der Waals surface area contributed by atoms with Gasteiger partial charge in [-0.2, -0.15) is 9.36 Å². The van der Waals surface area contributed by atoms with Gasteiger partial charge in [0, 0.05) is 13.2 Å². The second-order valence-corrected chi connectivity index (χ2v) is 6.98. The molecule has 10 heteroatoms. The first kappa shape index (κ1) is 20.8. The second kappa shape index (κ2) is 8.70. The van der Waals surface area contributed by atoms with Crippen molar-refractivity contribution in [3.8, 4) is 11.4 Å².